The first kappa shape index (κ1) is 16.7. The predicted octanol–water partition coefficient (Wildman–Crippen LogP) is 1.53. The van der Waals surface area contributed by atoms with E-state index in [0.717, 1.165) is 13.1 Å². The first-order chi connectivity index (χ1) is 10.7. The lowest BCUT2D eigenvalue weighted by molar-refractivity contribution is -0.737. The molecule has 0 aliphatic heterocycles. The quantitative estimate of drug-likeness (QED) is 0.664. The average Bonchev–Trinajstić information content (AvgIpc) is 3.12. The monoisotopic (exact) mass is 306 g/mol. The third kappa shape index (κ3) is 5.30. The average molecular weight is 306 g/mol. The molecule has 0 saturated heterocycles. The summed E-state index contributed by atoms with van der Waals surface area (Å²) in [5, 5.41) is 10.3. The number of nitrogens with zero attached hydrogens (tertiary/aromatic N) is 4. The van der Waals surface area contributed by atoms with Crippen molar-refractivity contribution in [1.82, 2.24) is 9.13 Å². The van der Waals surface area contributed by atoms with Crippen molar-refractivity contribution in [3.05, 3.63) is 37.4 Å². The molecule has 0 saturated carbocycles. The largest absolute Gasteiger partial charge is 0.385 e. The summed E-state index contributed by atoms with van der Waals surface area (Å²) in [5.74, 6) is 0. The maximum Gasteiger partial charge on any atom is 0.243 e. The second-order valence-electron chi connectivity index (χ2n) is 6.06. The van der Waals surface area contributed by atoms with Crippen LogP contribution in [0.25, 0.3) is 0 Å². The Bertz CT molecular complexity index is 498. The third-order valence-electron chi connectivity index (χ3n) is 3.88. The minimum Gasteiger partial charge on any atom is -0.385 e. The van der Waals surface area contributed by atoms with Gasteiger partial charge in [-0.15, -0.1) is 0 Å². The molecule has 122 valence electrons. The highest BCUT2D eigenvalue weighted by Crippen LogP contribution is 1.95. The van der Waals surface area contributed by atoms with Gasteiger partial charge in [0.1, 0.15) is 44.0 Å². The van der Waals surface area contributed by atoms with Crippen molar-refractivity contribution in [3.63, 3.8) is 0 Å². The van der Waals surface area contributed by atoms with Crippen LogP contribution in [0.5, 0.6) is 0 Å². The van der Waals surface area contributed by atoms with Gasteiger partial charge in [0.2, 0.25) is 12.7 Å². The van der Waals surface area contributed by atoms with Crippen molar-refractivity contribution in [2.75, 3.05) is 0 Å². The van der Waals surface area contributed by atoms with Gasteiger partial charge >= 0.3 is 0 Å². The topological polar surface area (TPSA) is 37.9 Å². The van der Waals surface area contributed by atoms with E-state index in [-0.39, 0.29) is 6.10 Å². The summed E-state index contributed by atoms with van der Waals surface area (Å²) < 4.78 is 8.50. The molecule has 5 heteroatoms. The molecule has 2 aromatic rings. The number of unbranched alkanes of at least 4 members (excludes halogenated alkanes) is 2. The Morgan fingerprint density at radius 2 is 1.32 bits per heavy atom. The molecule has 0 bridgehead atoms. The fraction of sp³-hybridized carbons (Fsp3) is 0.647. The van der Waals surface area contributed by atoms with Crippen molar-refractivity contribution in [2.24, 2.45) is 0 Å². The van der Waals surface area contributed by atoms with E-state index in [2.05, 4.69) is 57.2 Å². The van der Waals surface area contributed by atoms with E-state index in [1.165, 1.54) is 25.7 Å². The highest BCUT2D eigenvalue weighted by Gasteiger charge is 2.14. The van der Waals surface area contributed by atoms with Gasteiger partial charge in [-0.1, -0.05) is 26.7 Å². The fourth-order valence-corrected chi connectivity index (χ4v) is 2.58. The van der Waals surface area contributed by atoms with E-state index in [0.29, 0.717) is 13.1 Å². The maximum absolute atomic E-state index is 10.3. The minimum absolute atomic E-state index is 0.376. The van der Waals surface area contributed by atoms with Gasteiger partial charge in [0.05, 0.1) is 13.1 Å². The van der Waals surface area contributed by atoms with Crippen LogP contribution in [0.4, 0.5) is 0 Å². The lowest BCUT2D eigenvalue weighted by Crippen LogP contribution is -2.46. The standard InChI is InChI=1S/C17H30N4O/c1-3-5-7-18-9-11-20(15-18)13-17(22)14-21-12-10-19(16-21)8-6-4-2/h9-12,15-17,22H,3-8,13-14H2,1-2H3/q+2. The van der Waals surface area contributed by atoms with Gasteiger partial charge in [0.15, 0.2) is 0 Å². The highest BCUT2D eigenvalue weighted by molar-refractivity contribution is 4.67. The van der Waals surface area contributed by atoms with Gasteiger partial charge in [-0.3, -0.25) is 0 Å². The Labute approximate surface area is 133 Å². The lowest BCUT2D eigenvalue weighted by Gasteiger charge is -2.05. The van der Waals surface area contributed by atoms with E-state index in [1.54, 1.807) is 0 Å². The summed E-state index contributed by atoms with van der Waals surface area (Å²) in [7, 11) is 0. The number of imidazole rings is 2. The molecule has 5 nitrogen and oxygen atoms in total. The molecule has 0 aliphatic rings. The Hall–Kier alpha value is -1.62. The molecule has 0 atom stereocenters. The number of hydrogen-bond donors (Lipinski definition) is 1. The summed E-state index contributed by atoms with van der Waals surface area (Å²) in [5.41, 5.74) is 0. The van der Waals surface area contributed by atoms with Crippen molar-refractivity contribution in [2.45, 2.75) is 71.8 Å². The summed E-state index contributed by atoms with van der Waals surface area (Å²) in [6.07, 6.45) is 16.8. The number of aliphatic hydroxyl groups excluding tert-OH is 1. The minimum atomic E-state index is -0.376. The second-order valence-corrected chi connectivity index (χ2v) is 6.06. The lowest BCUT2D eigenvalue weighted by atomic mass is 10.3. The van der Waals surface area contributed by atoms with Crippen LogP contribution in [0.1, 0.15) is 39.5 Å². The number of aliphatic hydroxyl groups is 1. The van der Waals surface area contributed by atoms with E-state index in [1.807, 2.05) is 12.4 Å². The van der Waals surface area contributed by atoms with Gasteiger partial charge in [-0.2, -0.15) is 0 Å². The van der Waals surface area contributed by atoms with Crippen molar-refractivity contribution in [1.29, 1.82) is 0 Å². The molecule has 0 radical (unpaired) electrons. The Morgan fingerprint density at radius 3 is 1.73 bits per heavy atom. The first-order valence-corrected chi connectivity index (χ1v) is 8.49. The van der Waals surface area contributed by atoms with E-state index in [4.69, 9.17) is 0 Å². The summed E-state index contributed by atoms with van der Waals surface area (Å²) in [6.45, 7) is 7.76. The molecule has 0 fully saturated rings. The van der Waals surface area contributed by atoms with Gasteiger partial charge in [0.25, 0.3) is 0 Å². The van der Waals surface area contributed by atoms with Gasteiger partial charge in [-0.05, 0) is 12.8 Å². The molecule has 0 aliphatic carbocycles. The van der Waals surface area contributed by atoms with Crippen LogP contribution in [0.3, 0.4) is 0 Å². The van der Waals surface area contributed by atoms with Gasteiger partial charge in [-0.25, -0.2) is 18.3 Å². The van der Waals surface area contributed by atoms with Crippen molar-refractivity contribution in [3.8, 4) is 0 Å². The molecule has 0 unspecified atom stereocenters. The molecule has 0 spiro atoms. The maximum atomic E-state index is 10.3. The van der Waals surface area contributed by atoms with Crippen LogP contribution in [-0.4, -0.2) is 20.3 Å². The van der Waals surface area contributed by atoms with Crippen LogP contribution >= 0.6 is 0 Å². The highest BCUT2D eigenvalue weighted by atomic mass is 16.3. The Kier molecular flexibility index (Phi) is 6.65. The molecule has 0 aromatic carbocycles. The molecule has 2 rings (SSSR count). The Morgan fingerprint density at radius 1 is 0.864 bits per heavy atom. The van der Waals surface area contributed by atoms with Crippen LogP contribution in [0.2, 0.25) is 0 Å². The zero-order valence-corrected chi connectivity index (χ0v) is 13.9. The molecule has 22 heavy (non-hydrogen) atoms. The van der Waals surface area contributed by atoms with Crippen LogP contribution in [-0.2, 0) is 26.2 Å². The first-order valence-electron chi connectivity index (χ1n) is 8.49. The second kappa shape index (κ2) is 8.73. The normalized spacial score (nSPS) is 11.5. The predicted molar refractivity (Wildman–Crippen MR) is 85.1 cm³/mol. The SMILES string of the molecule is CCCCn1cc[n+](CC(O)C[n+]2ccn(CCCC)c2)c1. The zero-order chi connectivity index (χ0) is 15.8. The molecule has 1 N–H and O–H groups in total. The van der Waals surface area contributed by atoms with E-state index < -0.39 is 0 Å². The number of aryl methyl sites for hydroxylation is 2. The van der Waals surface area contributed by atoms with Gasteiger partial charge < -0.3 is 5.11 Å². The molecule has 2 aromatic heterocycles. The van der Waals surface area contributed by atoms with Crippen molar-refractivity contribution >= 4 is 0 Å². The Balaban J connectivity index is 1.80. The van der Waals surface area contributed by atoms with Gasteiger partial charge in [0, 0.05) is 0 Å². The number of hydrogen-bond acceptors (Lipinski definition) is 1. The molecular formula is C17H30N4O+2. The van der Waals surface area contributed by atoms with E-state index in [9.17, 15) is 5.11 Å². The zero-order valence-electron chi connectivity index (χ0n) is 13.9. The van der Waals surface area contributed by atoms with E-state index >= 15 is 0 Å². The molecule has 2 heterocycles. The molecule has 0 amide bonds. The van der Waals surface area contributed by atoms with Crippen LogP contribution in [0.15, 0.2) is 37.4 Å². The van der Waals surface area contributed by atoms with Crippen molar-refractivity contribution < 1.29 is 14.2 Å². The number of rotatable bonds is 10. The summed E-state index contributed by atoms with van der Waals surface area (Å²) in [6, 6.07) is 0. The molecular weight excluding hydrogens is 276 g/mol. The van der Waals surface area contributed by atoms with Crippen LogP contribution < -0.4 is 9.13 Å². The fourth-order valence-electron chi connectivity index (χ4n) is 2.58. The number of aromatic nitrogens is 4. The summed E-state index contributed by atoms with van der Waals surface area (Å²) in [4.78, 5) is 0. The van der Waals surface area contributed by atoms with Crippen LogP contribution in [0, 0.1) is 0 Å². The summed E-state index contributed by atoms with van der Waals surface area (Å²) >= 11 is 0. The smallest absolute Gasteiger partial charge is 0.243 e. The third-order valence-corrected chi connectivity index (χ3v) is 3.88.